The highest BCUT2D eigenvalue weighted by Crippen LogP contribution is 2.39. The van der Waals surface area contributed by atoms with Crippen molar-refractivity contribution in [1.82, 2.24) is 10.3 Å². The molecule has 1 atom stereocenters. The van der Waals surface area contributed by atoms with Crippen LogP contribution in [0.25, 0.3) is 11.3 Å². The molecular weight excluding hydrogens is 338 g/mol. The van der Waals surface area contributed by atoms with Gasteiger partial charge in [0.1, 0.15) is 12.3 Å². The molecule has 25 heavy (non-hydrogen) atoms. The normalized spacial score (nSPS) is 16.4. The Morgan fingerprint density at radius 2 is 2.16 bits per heavy atom. The van der Waals surface area contributed by atoms with Gasteiger partial charge in [-0.2, -0.15) is 0 Å². The molecule has 1 aromatic heterocycles. The van der Waals surface area contributed by atoms with Gasteiger partial charge < -0.3 is 10.1 Å². The third kappa shape index (κ3) is 3.24. The average molecular weight is 359 g/mol. The lowest BCUT2D eigenvalue weighted by Gasteiger charge is -2.33. The number of aromatic nitrogens is 1. The largest absolute Gasteiger partial charge is 0.478 e. The molecule has 132 valence electrons. The van der Waals surface area contributed by atoms with Crippen molar-refractivity contribution in [2.45, 2.75) is 33.3 Å². The highest BCUT2D eigenvalue weighted by Gasteiger charge is 2.34. The first kappa shape index (κ1) is 17.4. The Labute approximate surface area is 150 Å². The van der Waals surface area contributed by atoms with Crippen LogP contribution in [0.1, 0.15) is 23.2 Å². The summed E-state index contributed by atoms with van der Waals surface area (Å²) in [6.45, 7) is 5.86. The number of thiazole rings is 1. The lowest BCUT2D eigenvalue weighted by Crippen LogP contribution is -2.49. The lowest BCUT2D eigenvalue weighted by atomic mass is 10.1. The van der Waals surface area contributed by atoms with Gasteiger partial charge >= 0.3 is 0 Å². The minimum Gasteiger partial charge on any atom is -0.478 e. The predicted octanol–water partition coefficient (Wildman–Crippen LogP) is 2.68. The summed E-state index contributed by atoms with van der Waals surface area (Å²) in [5, 5.41) is 3.56. The van der Waals surface area contributed by atoms with E-state index in [9.17, 15) is 9.59 Å². The molecule has 0 saturated carbocycles. The fourth-order valence-corrected chi connectivity index (χ4v) is 3.75. The van der Waals surface area contributed by atoms with E-state index >= 15 is 0 Å². The maximum absolute atomic E-state index is 12.7. The van der Waals surface area contributed by atoms with E-state index in [1.54, 1.807) is 18.4 Å². The third-order valence-corrected chi connectivity index (χ3v) is 5.07. The molecule has 0 aliphatic carbocycles. The van der Waals surface area contributed by atoms with Crippen molar-refractivity contribution in [2.24, 2.45) is 0 Å². The first-order valence-electron chi connectivity index (χ1n) is 8.21. The summed E-state index contributed by atoms with van der Waals surface area (Å²) in [7, 11) is 1.56. The Morgan fingerprint density at radius 3 is 2.76 bits per heavy atom. The number of aryl methyl sites for hydroxylation is 2. The van der Waals surface area contributed by atoms with E-state index in [-0.39, 0.29) is 18.4 Å². The Balaban J connectivity index is 2.07. The van der Waals surface area contributed by atoms with E-state index in [0.29, 0.717) is 17.9 Å². The first-order valence-corrected chi connectivity index (χ1v) is 9.03. The highest BCUT2D eigenvalue weighted by molar-refractivity contribution is 7.11. The summed E-state index contributed by atoms with van der Waals surface area (Å²) in [4.78, 5) is 31.8. The number of nitrogens with zero attached hydrogens (tertiary/aromatic N) is 2. The van der Waals surface area contributed by atoms with Gasteiger partial charge in [-0.05, 0) is 38.5 Å². The molecule has 0 radical (unpaired) electrons. The number of benzene rings is 1. The number of carbonyl (C=O) groups is 2. The minimum absolute atomic E-state index is 0.0271. The number of ether oxygens (including phenoxy) is 1. The number of carbonyl (C=O) groups excluding carboxylic acids is 2. The topological polar surface area (TPSA) is 71.5 Å². The van der Waals surface area contributed by atoms with Gasteiger partial charge in [-0.15, -0.1) is 11.3 Å². The molecule has 1 N–H and O–H groups in total. The fraction of sp³-hybridized carbons (Fsp3) is 0.389. The lowest BCUT2D eigenvalue weighted by molar-refractivity contribution is -0.128. The third-order valence-electron chi connectivity index (χ3n) is 4.19. The van der Waals surface area contributed by atoms with Crippen LogP contribution in [-0.2, 0) is 9.59 Å². The average Bonchev–Trinajstić information content (AvgIpc) is 2.94. The Bertz CT molecular complexity index is 831. The zero-order valence-electron chi connectivity index (χ0n) is 14.8. The van der Waals surface area contributed by atoms with Crippen LogP contribution < -0.4 is 15.0 Å². The molecule has 0 fully saturated rings. The van der Waals surface area contributed by atoms with Gasteiger partial charge in [0.05, 0.1) is 16.4 Å². The molecular formula is C18H21N3O3S. The van der Waals surface area contributed by atoms with Gasteiger partial charge in [0.15, 0.2) is 6.10 Å². The first-order chi connectivity index (χ1) is 11.9. The van der Waals surface area contributed by atoms with Crippen molar-refractivity contribution in [2.75, 3.05) is 18.5 Å². The maximum Gasteiger partial charge on any atom is 0.268 e. The minimum atomic E-state index is -0.564. The maximum atomic E-state index is 12.7. The summed E-state index contributed by atoms with van der Waals surface area (Å²) in [5.41, 5.74) is 2.42. The smallest absolute Gasteiger partial charge is 0.268 e. The molecule has 0 bridgehead atoms. The molecule has 1 unspecified atom stereocenters. The van der Waals surface area contributed by atoms with E-state index in [1.807, 2.05) is 39.0 Å². The molecule has 0 saturated heterocycles. The Morgan fingerprint density at radius 1 is 1.40 bits per heavy atom. The quantitative estimate of drug-likeness (QED) is 0.911. The standard InChI is InChI=1S/C18H21N3O3S/c1-5-14-18(23)21(9-16(22)19-4)13-8-12(6-7-15(13)24-14)17-10(2)25-11(3)20-17/h6-8,14H,5,9H2,1-4H3,(H,19,22). The van der Waals surface area contributed by atoms with Gasteiger partial charge in [-0.25, -0.2) is 4.98 Å². The SMILES string of the molecule is CCC1Oc2ccc(-c3nc(C)sc3C)cc2N(CC(=O)NC)C1=O. The number of hydrogen-bond acceptors (Lipinski definition) is 5. The number of amides is 2. The van der Waals surface area contributed by atoms with Crippen LogP contribution in [0.2, 0.25) is 0 Å². The zero-order chi connectivity index (χ0) is 18.1. The van der Waals surface area contributed by atoms with E-state index in [2.05, 4.69) is 10.3 Å². The molecule has 1 aliphatic rings. The molecule has 7 heteroatoms. The number of anilines is 1. The molecule has 1 aromatic carbocycles. The number of hydrogen-bond donors (Lipinski definition) is 1. The predicted molar refractivity (Wildman–Crippen MR) is 98.2 cm³/mol. The fourth-order valence-electron chi connectivity index (χ4n) is 2.91. The molecule has 2 amide bonds. The van der Waals surface area contributed by atoms with Crippen LogP contribution in [-0.4, -0.2) is 36.5 Å². The summed E-state index contributed by atoms with van der Waals surface area (Å²) in [6.07, 6.45) is -0.0134. The molecule has 2 heterocycles. The monoisotopic (exact) mass is 359 g/mol. The molecule has 6 nitrogen and oxygen atoms in total. The van der Waals surface area contributed by atoms with Gasteiger partial charge in [-0.3, -0.25) is 14.5 Å². The van der Waals surface area contributed by atoms with Crippen LogP contribution >= 0.6 is 11.3 Å². The molecule has 1 aliphatic heterocycles. The number of fused-ring (bicyclic) bond motifs is 1. The summed E-state index contributed by atoms with van der Waals surface area (Å²) < 4.78 is 5.82. The van der Waals surface area contributed by atoms with Crippen molar-refractivity contribution < 1.29 is 14.3 Å². The van der Waals surface area contributed by atoms with E-state index in [0.717, 1.165) is 21.1 Å². The Kier molecular flexibility index (Phi) is 4.76. The van der Waals surface area contributed by atoms with Crippen LogP contribution in [0.3, 0.4) is 0 Å². The van der Waals surface area contributed by atoms with Gasteiger partial charge in [0.2, 0.25) is 5.91 Å². The van der Waals surface area contributed by atoms with Crippen molar-refractivity contribution in [3.8, 4) is 17.0 Å². The van der Waals surface area contributed by atoms with Crippen LogP contribution in [0.5, 0.6) is 5.75 Å². The molecule has 0 spiro atoms. The summed E-state index contributed by atoms with van der Waals surface area (Å²) in [5.74, 6) is 0.202. The van der Waals surface area contributed by atoms with Gasteiger partial charge in [0.25, 0.3) is 5.91 Å². The second-order valence-corrected chi connectivity index (χ2v) is 7.34. The second kappa shape index (κ2) is 6.84. The number of rotatable bonds is 4. The van der Waals surface area contributed by atoms with Crippen molar-refractivity contribution in [3.63, 3.8) is 0 Å². The van der Waals surface area contributed by atoms with Crippen molar-refractivity contribution >= 4 is 28.8 Å². The summed E-state index contributed by atoms with van der Waals surface area (Å²) >= 11 is 1.63. The van der Waals surface area contributed by atoms with Gasteiger partial charge in [0, 0.05) is 17.5 Å². The highest BCUT2D eigenvalue weighted by atomic mass is 32.1. The van der Waals surface area contributed by atoms with Gasteiger partial charge in [-0.1, -0.05) is 6.92 Å². The summed E-state index contributed by atoms with van der Waals surface area (Å²) in [6, 6.07) is 5.68. The molecule has 3 rings (SSSR count). The van der Waals surface area contributed by atoms with Crippen LogP contribution in [0, 0.1) is 13.8 Å². The van der Waals surface area contributed by atoms with Crippen LogP contribution in [0.15, 0.2) is 18.2 Å². The number of nitrogens with one attached hydrogen (secondary N) is 1. The Hall–Kier alpha value is -2.41. The van der Waals surface area contributed by atoms with E-state index < -0.39 is 6.10 Å². The van der Waals surface area contributed by atoms with E-state index in [4.69, 9.17) is 4.74 Å². The second-order valence-electron chi connectivity index (χ2n) is 5.93. The number of likely N-dealkylation sites (N-methyl/N-ethyl adjacent to an activating group) is 1. The van der Waals surface area contributed by atoms with Crippen molar-refractivity contribution in [3.05, 3.63) is 28.1 Å². The van der Waals surface area contributed by atoms with Crippen molar-refractivity contribution in [1.29, 1.82) is 0 Å². The molecule has 2 aromatic rings. The van der Waals surface area contributed by atoms with Crippen LogP contribution in [0.4, 0.5) is 5.69 Å². The zero-order valence-corrected chi connectivity index (χ0v) is 15.6. The van der Waals surface area contributed by atoms with E-state index in [1.165, 1.54) is 4.90 Å².